The molecule has 3 rings (SSSR count). The standard InChI is InChI=1S/C23H33N3O3S/c1-4-29-23-12-11-22(18-19(23)2)30(27,28)24-13-5-6-20-7-9-21(10-8-20)26-16-14-25(3)15-17-26/h7-12,18,24H,4-6,13-17H2,1-3H3. The van der Waals surface area contributed by atoms with Crippen LogP contribution >= 0.6 is 0 Å². The largest absolute Gasteiger partial charge is 0.494 e. The summed E-state index contributed by atoms with van der Waals surface area (Å²) >= 11 is 0. The number of nitrogens with one attached hydrogen (secondary N) is 1. The van der Waals surface area contributed by atoms with E-state index < -0.39 is 10.0 Å². The van der Waals surface area contributed by atoms with Crippen LogP contribution in [-0.4, -0.2) is 59.7 Å². The molecule has 1 fully saturated rings. The van der Waals surface area contributed by atoms with Crippen LogP contribution in [0.4, 0.5) is 5.69 Å². The molecule has 0 radical (unpaired) electrons. The number of piperazine rings is 1. The van der Waals surface area contributed by atoms with Gasteiger partial charge < -0.3 is 14.5 Å². The number of likely N-dealkylation sites (N-methyl/N-ethyl adjacent to an activating group) is 1. The molecule has 1 N–H and O–H groups in total. The van der Waals surface area contributed by atoms with Gasteiger partial charge in [-0.15, -0.1) is 0 Å². The first-order chi connectivity index (χ1) is 14.4. The smallest absolute Gasteiger partial charge is 0.240 e. The van der Waals surface area contributed by atoms with Gasteiger partial charge in [-0.2, -0.15) is 0 Å². The van der Waals surface area contributed by atoms with Crippen LogP contribution in [0.15, 0.2) is 47.4 Å². The maximum atomic E-state index is 12.5. The Hall–Kier alpha value is -2.09. The Bertz CT molecular complexity index is 921. The van der Waals surface area contributed by atoms with Crippen LogP contribution < -0.4 is 14.4 Å². The SMILES string of the molecule is CCOc1ccc(S(=O)(=O)NCCCc2ccc(N3CCN(C)CC3)cc2)cc1C. The van der Waals surface area contributed by atoms with Crippen molar-refractivity contribution in [1.82, 2.24) is 9.62 Å². The van der Waals surface area contributed by atoms with Gasteiger partial charge in [-0.05, 0) is 75.2 Å². The second-order valence-electron chi connectivity index (χ2n) is 7.82. The van der Waals surface area contributed by atoms with Crippen molar-refractivity contribution in [3.05, 3.63) is 53.6 Å². The fourth-order valence-corrected chi connectivity index (χ4v) is 4.79. The van der Waals surface area contributed by atoms with E-state index in [4.69, 9.17) is 4.74 Å². The van der Waals surface area contributed by atoms with Crippen molar-refractivity contribution in [2.45, 2.75) is 31.6 Å². The number of benzene rings is 2. The minimum atomic E-state index is -3.51. The first kappa shape index (κ1) is 22.6. The predicted molar refractivity (Wildman–Crippen MR) is 122 cm³/mol. The maximum Gasteiger partial charge on any atom is 0.240 e. The molecule has 30 heavy (non-hydrogen) atoms. The lowest BCUT2D eigenvalue weighted by Crippen LogP contribution is -2.44. The van der Waals surface area contributed by atoms with Gasteiger partial charge >= 0.3 is 0 Å². The Balaban J connectivity index is 1.47. The molecule has 0 atom stereocenters. The molecule has 0 aromatic heterocycles. The predicted octanol–water partition coefficient (Wildman–Crippen LogP) is 3.06. The number of rotatable bonds is 9. The van der Waals surface area contributed by atoms with E-state index in [1.54, 1.807) is 18.2 Å². The molecular weight excluding hydrogens is 398 g/mol. The van der Waals surface area contributed by atoms with Gasteiger partial charge in [0.25, 0.3) is 0 Å². The maximum absolute atomic E-state index is 12.5. The Morgan fingerprint density at radius 3 is 2.37 bits per heavy atom. The summed E-state index contributed by atoms with van der Waals surface area (Å²) in [6.07, 6.45) is 1.59. The van der Waals surface area contributed by atoms with Crippen molar-refractivity contribution in [3.8, 4) is 5.75 Å². The van der Waals surface area contributed by atoms with E-state index >= 15 is 0 Å². The van der Waals surface area contributed by atoms with Gasteiger partial charge in [-0.25, -0.2) is 13.1 Å². The third-order valence-corrected chi connectivity index (χ3v) is 6.95. The Labute approximate surface area is 180 Å². The molecule has 2 aromatic carbocycles. The quantitative estimate of drug-likeness (QED) is 0.619. The molecular formula is C23H33N3O3S. The third kappa shape index (κ3) is 5.97. The van der Waals surface area contributed by atoms with Crippen LogP contribution in [0.3, 0.4) is 0 Å². The molecule has 1 aliphatic rings. The summed E-state index contributed by atoms with van der Waals surface area (Å²) < 4.78 is 33.3. The first-order valence-corrected chi connectivity index (χ1v) is 12.1. The van der Waals surface area contributed by atoms with Gasteiger partial charge in [0.15, 0.2) is 0 Å². The zero-order valence-electron chi connectivity index (χ0n) is 18.2. The van der Waals surface area contributed by atoms with E-state index in [9.17, 15) is 8.42 Å². The fourth-order valence-electron chi connectivity index (χ4n) is 3.63. The number of ether oxygens (including phenoxy) is 1. The van der Waals surface area contributed by atoms with Crippen LogP contribution in [0.2, 0.25) is 0 Å². The molecule has 0 saturated carbocycles. The lowest BCUT2D eigenvalue weighted by molar-refractivity contribution is 0.313. The first-order valence-electron chi connectivity index (χ1n) is 10.6. The van der Waals surface area contributed by atoms with Crippen LogP contribution in [0.5, 0.6) is 5.75 Å². The van der Waals surface area contributed by atoms with Crippen molar-refractivity contribution < 1.29 is 13.2 Å². The van der Waals surface area contributed by atoms with Crippen LogP contribution in [0, 0.1) is 6.92 Å². The minimum Gasteiger partial charge on any atom is -0.494 e. The van der Waals surface area contributed by atoms with E-state index in [1.165, 1.54) is 11.3 Å². The fraction of sp³-hybridized carbons (Fsp3) is 0.478. The molecule has 164 valence electrons. The van der Waals surface area contributed by atoms with Crippen molar-refractivity contribution in [3.63, 3.8) is 0 Å². The van der Waals surface area contributed by atoms with E-state index in [0.29, 0.717) is 13.2 Å². The van der Waals surface area contributed by atoms with Gasteiger partial charge in [0.2, 0.25) is 10.0 Å². The minimum absolute atomic E-state index is 0.278. The topological polar surface area (TPSA) is 61.9 Å². The molecule has 0 amide bonds. The van der Waals surface area contributed by atoms with E-state index in [2.05, 4.69) is 45.8 Å². The number of aryl methyl sites for hydroxylation is 2. The lowest BCUT2D eigenvalue weighted by atomic mass is 10.1. The van der Waals surface area contributed by atoms with E-state index in [0.717, 1.165) is 50.3 Å². The summed E-state index contributed by atoms with van der Waals surface area (Å²) in [6, 6.07) is 13.6. The van der Waals surface area contributed by atoms with Crippen molar-refractivity contribution >= 4 is 15.7 Å². The summed E-state index contributed by atoms with van der Waals surface area (Å²) in [6.45, 7) is 9.04. The molecule has 6 nitrogen and oxygen atoms in total. The molecule has 0 unspecified atom stereocenters. The number of hydrogen-bond donors (Lipinski definition) is 1. The number of sulfonamides is 1. The van der Waals surface area contributed by atoms with Crippen LogP contribution in [0.25, 0.3) is 0 Å². The average molecular weight is 432 g/mol. The monoisotopic (exact) mass is 431 g/mol. The van der Waals surface area contributed by atoms with Gasteiger partial charge in [-0.3, -0.25) is 0 Å². The molecule has 0 aliphatic carbocycles. The second kappa shape index (κ2) is 10.3. The van der Waals surface area contributed by atoms with Crippen molar-refractivity contribution in [2.24, 2.45) is 0 Å². The summed E-state index contributed by atoms with van der Waals surface area (Å²) in [4.78, 5) is 5.04. The zero-order chi connectivity index (χ0) is 21.6. The Kier molecular flexibility index (Phi) is 7.75. The molecule has 0 spiro atoms. The second-order valence-corrected chi connectivity index (χ2v) is 9.59. The van der Waals surface area contributed by atoms with Gasteiger partial charge in [0.05, 0.1) is 11.5 Å². The highest BCUT2D eigenvalue weighted by atomic mass is 32.2. The van der Waals surface area contributed by atoms with Gasteiger partial charge in [-0.1, -0.05) is 12.1 Å². The van der Waals surface area contributed by atoms with Crippen molar-refractivity contribution in [1.29, 1.82) is 0 Å². The summed E-state index contributed by atoms with van der Waals surface area (Å²) in [5.74, 6) is 0.719. The highest BCUT2D eigenvalue weighted by Crippen LogP contribution is 2.22. The Morgan fingerprint density at radius 1 is 1.03 bits per heavy atom. The third-order valence-electron chi connectivity index (χ3n) is 5.50. The van der Waals surface area contributed by atoms with Gasteiger partial charge in [0, 0.05) is 38.4 Å². The summed E-state index contributed by atoms with van der Waals surface area (Å²) in [5, 5.41) is 0. The lowest BCUT2D eigenvalue weighted by Gasteiger charge is -2.34. The van der Waals surface area contributed by atoms with Crippen molar-refractivity contribution in [2.75, 3.05) is 51.3 Å². The number of anilines is 1. The number of hydrogen-bond acceptors (Lipinski definition) is 5. The highest BCUT2D eigenvalue weighted by molar-refractivity contribution is 7.89. The van der Waals surface area contributed by atoms with E-state index in [-0.39, 0.29) is 4.90 Å². The molecule has 0 bridgehead atoms. The molecule has 7 heteroatoms. The molecule has 2 aromatic rings. The Morgan fingerprint density at radius 2 is 1.73 bits per heavy atom. The number of nitrogens with zero attached hydrogens (tertiary/aromatic N) is 2. The molecule has 1 saturated heterocycles. The van der Waals surface area contributed by atoms with Crippen LogP contribution in [-0.2, 0) is 16.4 Å². The summed E-state index contributed by atoms with van der Waals surface area (Å²) in [7, 11) is -1.35. The average Bonchev–Trinajstić information content (AvgIpc) is 2.74. The van der Waals surface area contributed by atoms with Gasteiger partial charge in [0.1, 0.15) is 5.75 Å². The molecule has 1 aliphatic heterocycles. The normalized spacial score (nSPS) is 15.4. The molecule has 1 heterocycles. The zero-order valence-corrected chi connectivity index (χ0v) is 19.0. The van der Waals surface area contributed by atoms with E-state index in [1.807, 2.05) is 13.8 Å². The summed E-state index contributed by atoms with van der Waals surface area (Å²) in [5.41, 5.74) is 3.31. The highest BCUT2D eigenvalue weighted by Gasteiger charge is 2.16. The van der Waals surface area contributed by atoms with Crippen LogP contribution in [0.1, 0.15) is 24.5 Å².